The van der Waals surface area contributed by atoms with E-state index in [1.807, 2.05) is 51.1 Å². The normalized spacial score (nSPS) is 11.5. The average Bonchev–Trinajstić information content (AvgIpc) is 3.26. The zero-order chi connectivity index (χ0) is 24.2. The highest BCUT2D eigenvalue weighted by molar-refractivity contribution is 6.30. The fraction of sp³-hybridized carbons (Fsp3) is 0.185. The number of anilines is 1. The number of carbonyl (C=O) groups is 1. The largest absolute Gasteiger partial charge is 0.497 e. The first kappa shape index (κ1) is 23.4. The Balaban J connectivity index is 1.76. The van der Waals surface area contributed by atoms with Gasteiger partial charge in [-0.25, -0.2) is 4.98 Å². The van der Waals surface area contributed by atoms with Gasteiger partial charge in [0.15, 0.2) is 0 Å². The molecule has 2 heterocycles. The van der Waals surface area contributed by atoms with Gasteiger partial charge in [0.25, 0.3) is 0 Å². The number of nitrogens with one attached hydrogen (secondary N) is 1. The van der Waals surface area contributed by atoms with Crippen LogP contribution >= 0.6 is 11.6 Å². The summed E-state index contributed by atoms with van der Waals surface area (Å²) < 4.78 is 17.2. The number of nitrogens with zero attached hydrogens (tertiary/aromatic N) is 1. The first-order valence-corrected chi connectivity index (χ1v) is 11.2. The van der Waals surface area contributed by atoms with E-state index in [2.05, 4.69) is 10.3 Å². The lowest BCUT2D eigenvalue weighted by molar-refractivity contribution is -0.111. The number of rotatable bonds is 7. The smallest absolute Gasteiger partial charge is 0.249 e. The van der Waals surface area contributed by atoms with Crippen molar-refractivity contribution in [2.75, 3.05) is 19.0 Å². The van der Waals surface area contributed by atoms with Crippen LogP contribution in [-0.2, 0) is 4.79 Å². The van der Waals surface area contributed by atoms with Crippen LogP contribution in [0.5, 0.6) is 11.5 Å². The molecule has 0 aliphatic heterocycles. The number of hydrogen-bond acceptors (Lipinski definition) is 5. The van der Waals surface area contributed by atoms with Gasteiger partial charge in [-0.05, 0) is 62.2 Å². The Morgan fingerprint density at radius 3 is 2.62 bits per heavy atom. The molecule has 0 atom stereocenters. The highest BCUT2D eigenvalue weighted by atomic mass is 35.5. The van der Waals surface area contributed by atoms with Crippen molar-refractivity contribution in [3.8, 4) is 22.6 Å². The van der Waals surface area contributed by atoms with E-state index in [0.717, 1.165) is 44.5 Å². The molecule has 0 spiro atoms. The number of aromatic nitrogens is 1. The van der Waals surface area contributed by atoms with Crippen molar-refractivity contribution in [2.24, 2.45) is 0 Å². The van der Waals surface area contributed by atoms with Crippen molar-refractivity contribution < 1.29 is 18.7 Å². The fourth-order valence-electron chi connectivity index (χ4n) is 3.82. The van der Waals surface area contributed by atoms with E-state index in [0.29, 0.717) is 23.2 Å². The fourth-order valence-corrected chi connectivity index (χ4v) is 3.93. The summed E-state index contributed by atoms with van der Waals surface area (Å²) in [5, 5.41) is 4.20. The monoisotopic (exact) mass is 476 g/mol. The molecule has 4 rings (SSSR count). The number of pyridine rings is 1. The molecule has 6 nitrogen and oxygen atoms in total. The summed E-state index contributed by atoms with van der Waals surface area (Å²) in [5.41, 5.74) is 5.15. The maximum Gasteiger partial charge on any atom is 0.249 e. The number of amides is 1. The molecule has 0 bridgehead atoms. The molecule has 0 aliphatic carbocycles. The molecule has 34 heavy (non-hydrogen) atoms. The number of furan rings is 1. The minimum atomic E-state index is -0.296. The second kappa shape index (κ2) is 10.0. The zero-order valence-corrected chi connectivity index (χ0v) is 20.2. The molecule has 0 radical (unpaired) electrons. The minimum Gasteiger partial charge on any atom is -0.497 e. The SMILES string of the molecule is CCOc1c(/C(C)=C/C(=O)Nc2ccc(Cl)cn2)cc2c(-c3ccc(OC)cc3)coc2c1C. The van der Waals surface area contributed by atoms with Crippen molar-refractivity contribution in [1.29, 1.82) is 0 Å². The Morgan fingerprint density at radius 1 is 1.21 bits per heavy atom. The molecule has 0 aliphatic rings. The summed E-state index contributed by atoms with van der Waals surface area (Å²) >= 11 is 5.87. The predicted molar refractivity (Wildman–Crippen MR) is 136 cm³/mol. The van der Waals surface area contributed by atoms with Gasteiger partial charge in [0.2, 0.25) is 5.91 Å². The van der Waals surface area contributed by atoms with E-state index in [1.165, 1.54) is 12.3 Å². The second-order valence-electron chi connectivity index (χ2n) is 7.74. The number of halogens is 1. The first-order chi connectivity index (χ1) is 16.4. The molecule has 2 aromatic heterocycles. The van der Waals surface area contributed by atoms with Crippen LogP contribution in [0.2, 0.25) is 5.02 Å². The molecule has 0 unspecified atom stereocenters. The van der Waals surface area contributed by atoms with Crippen LogP contribution in [0.25, 0.3) is 27.7 Å². The van der Waals surface area contributed by atoms with E-state index in [1.54, 1.807) is 25.5 Å². The van der Waals surface area contributed by atoms with Crippen molar-refractivity contribution >= 4 is 39.9 Å². The van der Waals surface area contributed by atoms with E-state index in [-0.39, 0.29) is 5.91 Å². The minimum absolute atomic E-state index is 0.296. The molecule has 1 N–H and O–H groups in total. The number of allylic oxidation sites excluding steroid dienone is 1. The third-order valence-corrected chi connectivity index (χ3v) is 5.71. The van der Waals surface area contributed by atoms with Gasteiger partial charge in [0, 0.05) is 34.3 Å². The molecular formula is C27H25ClN2O4. The molecule has 2 aromatic carbocycles. The van der Waals surface area contributed by atoms with Crippen LogP contribution in [0.15, 0.2) is 65.4 Å². The number of fused-ring (bicyclic) bond motifs is 1. The summed E-state index contributed by atoms with van der Waals surface area (Å²) in [6.45, 7) is 6.25. The summed E-state index contributed by atoms with van der Waals surface area (Å²) in [7, 11) is 1.64. The van der Waals surface area contributed by atoms with Crippen LogP contribution in [0, 0.1) is 6.92 Å². The number of ether oxygens (including phenoxy) is 2. The van der Waals surface area contributed by atoms with Crippen molar-refractivity contribution in [2.45, 2.75) is 20.8 Å². The Kier molecular flexibility index (Phi) is 6.89. The lowest BCUT2D eigenvalue weighted by Crippen LogP contribution is -2.10. The third kappa shape index (κ3) is 4.77. The molecule has 174 valence electrons. The number of hydrogen-bond donors (Lipinski definition) is 1. The Labute approximate surface area is 203 Å². The Morgan fingerprint density at radius 2 is 1.97 bits per heavy atom. The van der Waals surface area contributed by atoms with Gasteiger partial charge in [0.1, 0.15) is 22.9 Å². The van der Waals surface area contributed by atoms with E-state index < -0.39 is 0 Å². The van der Waals surface area contributed by atoms with E-state index >= 15 is 0 Å². The van der Waals surface area contributed by atoms with Gasteiger partial charge in [-0.1, -0.05) is 23.7 Å². The maximum atomic E-state index is 12.7. The van der Waals surface area contributed by atoms with Gasteiger partial charge < -0.3 is 19.2 Å². The van der Waals surface area contributed by atoms with Crippen molar-refractivity contribution in [1.82, 2.24) is 4.98 Å². The van der Waals surface area contributed by atoms with E-state index in [4.69, 9.17) is 25.5 Å². The zero-order valence-electron chi connectivity index (χ0n) is 19.4. The molecule has 0 saturated carbocycles. The Bertz CT molecular complexity index is 1360. The summed E-state index contributed by atoms with van der Waals surface area (Å²) in [4.78, 5) is 16.8. The lowest BCUT2D eigenvalue weighted by atomic mass is 9.96. The van der Waals surface area contributed by atoms with Gasteiger partial charge in [-0.2, -0.15) is 0 Å². The molecular weight excluding hydrogens is 452 g/mol. The molecule has 1 amide bonds. The Hall–Kier alpha value is -3.77. The number of methoxy groups -OCH3 is 1. The standard InChI is InChI=1S/C27H25ClN2O4/c1-5-33-26-17(3)27-22(23(15-34-27)18-6-9-20(32-4)10-7-18)13-21(26)16(2)12-25(31)30-24-11-8-19(28)14-29-24/h6-15H,5H2,1-4H3,(H,29,30,31)/b16-12+. The van der Waals surface area contributed by atoms with Gasteiger partial charge >= 0.3 is 0 Å². The lowest BCUT2D eigenvalue weighted by Gasteiger charge is -2.15. The van der Waals surface area contributed by atoms with Gasteiger partial charge in [0.05, 0.1) is 25.0 Å². The highest BCUT2D eigenvalue weighted by Gasteiger charge is 2.19. The van der Waals surface area contributed by atoms with Gasteiger partial charge in [-0.3, -0.25) is 4.79 Å². The van der Waals surface area contributed by atoms with Crippen LogP contribution < -0.4 is 14.8 Å². The molecule has 7 heteroatoms. The summed E-state index contributed by atoms with van der Waals surface area (Å²) in [6.07, 6.45) is 4.77. The van der Waals surface area contributed by atoms with Crippen LogP contribution in [0.1, 0.15) is 25.0 Å². The van der Waals surface area contributed by atoms with E-state index in [9.17, 15) is 4.79 Å². The van der Waals surface area contributed by atoms with Crippen molar-refractivity contribution in [3.05, 3.63) is 77.2 Å². The topological polar surface area (TPSA) is 73.6 Å². The quantitative estimate of drug-likeness (QED) is 0.293. The first-order valence-electron chi connectivity index (χ1n) is 10.8. The summed E-state index contributed by atoms with van der Waals surface area (Å²) in [5.74, 6) is 1.60. The summed E-state index contributed by atoms with van der Waals surface area (Å²) in [6, 6.07) is 13.1. The second-order valence-corrected chi connectivity index (χ2v) is 8.18. The maximum absolute atomic E-state index is 12.7. The predicted octanol–water partition coefficient (Wildman–Crippen LogP) is 6.91. The number of carbonyl (C=O) groups excluding carboxylic acids is 1. The molecule has 0 fully saturated rings. The van der Waals surface area contributed by atoms with Crippen LogP contribution in [0.3, 0.4) is 0 Å². The highest BCUT2D eigenvalue weighted by Crippen LogP contribution is 2.41. The molecule has 0 saturated heterocycles. The molecule has 4 aromatic rings. The van der Waals surface area contributed by atoms with Crippen LogP contribution in [-0.4, -0.2) is 24.6 Å². The van der Waals surface area contributed by atoms with Crippen LogP contribution in [0.4, 0.5) is 5.82 Å². The third-order valence-electron chi connectivity index (χ3n) is 5.48. The van der Waals surface area contributed by atoms with Crippen molar-refractivity contribution in [3.63, 3.8) is 0 Å². The number of aryl methyl sites for hydroxylation is 1. The number of benzene rings is 2. The van der Waals surface area contributed by atoms with Gasteiger partial charge in [-0.15, -0.1) is 0 Å². The average molecular weight is 477 g/mol.